The van der Waals surface area contributed by atoms with E-state index in [2.05, 4.69) is 5.32 Å². The Morgan fingerprint density at radius 3 is 2.32 bits per heavy atom. The summed E-state index contributed by atoms with van der Waals surface area (Å²) < 4.78 is 9.70. The minimum Gasteiger partial charge on any atom is -0.466 e. The quantitative estimate of drug-likeness (QED) is 0.555. The molecule has 0 rings (SSSR count). The van der Waals surface area contributed by atoms with E-state index in [4.69, 9.17) is 15.2 Å². The fourth-order valence-corrected chi connectivity index (χ4v) is 1.50. The first-order valence-electron chi connectivity index (χ1n) is 6.24. The zero-order chi connectivity index (χ0) is 14.8. The van der Waals surface area contributed by atoms with E-state index in [-0.39, 0.29) is 19.6 Å². The predicted octanol–water partition coefficient (Wildman–Crippen LogP) is -0.418. The highest BCUT2D eigenvalue weighted by Gasteiger charge is 2.27. The molecule has 3 N–H and O–H groups in total. The Hall–Kier alpha value is -1.63. The first-order valence-corrected chi connectivity index (χ1v) is 6.24. The molecule has 0 heterocycles. The molecule has 0 aliphatic rings. The minimum absolute atomic E-state index is 0.0103. The van der Waals surface area contributed by atoms with Crippen molar-refractivity contribution in [3.63, 3.8) is 0 Å². The predicted molar refractivity (Wildman–Crippen MR) is 68.0 cm³/mol. The second kappa shape index (κ2) is 9.32. The normalized spacial score (nSPS) is 13.4. The smallest absolute Gasteiger partial charge is 0.306 e. The van der Waals surface area contributed by atoms with Gasteiger partial charge in [0.15, 0.2) is 0 Å². The standard InChI is InChI=1S/C12H22N2O5/c1-4-18-7-9(15)14-11(12(13)17)8(3)6-10(16)19-5-2/h8,11H,4-7H2,1-3H3,(H2,13,17)(H,14,15)/t8-,11-/m1/s1. The van der Waals surface area contributed by atoms with Crippen LogP contribution in [0.5, 0.6) is 0 Å². The van der Waals surface area contributed by atoms with Gasteiger partial charge in [-0.2, -0.15) is 0 Å². The summed E-state index contributed by atoms with van der Waals surface area (Å²) >= 11 is 0. The molecule has 0 aliphatic carbocycles. The van der Waals surface area contributed by atoms with Crippen molar-refractivity contribution < 1.29 is 23.9 Å². The van der Waals surface area contributed by atoms with Gasteiger partial charge in [0.1, 0.15) is 12.6 Å². The number of hydrogen-bond acceptors (Lipinski definition) is 5. The van der Waals surface area contributed by atoms with E-state index in [1.807, 2.05) is 0 Å². The summed E-state index contributed by atoms with van der Waals surface area (Å²) in [6.07, 6.45) is 0.0103. The van der Waals surface area contributed by atoms with Crippen molar-refractivity contribution in [1.29, 1.82) is 0 Å². The van der Waals surface area contributed by atoms with Crippen LogP contribution in [0.15, 0.2) is 0 Å². The number of primary amides is 1. The number of esters is 1. The number of nitrogens with two attached hydrogens (primary N) is 1. The SMILES string of the molecule is CCOCC(=O)N[C@@H](C(N)=O)[C@H](C)CC(=O)OCC. The van der Waals surface area contributed by atoms with Gasteiger partial charge < -0.3 is 20.5 Å². The molecule has 0 aromatic rings. The molecule has 0 aromatic carbocycles. The molecule has 0 aromatic heterocycles. The van der Waals surface area contributed by atoms with Gasteiger partial charge in [-0.1, -0.05) is 6.92 Å². The van der Waals surface area contributed by atoms with Gasteiger partial charge >= 0.3 is 5.97 Å². The second-order valence-corrected chi connectivity index (χ2v) is 4.07. The Balaban J connectivity index is 4.42. The van der Waals surface area contributed by atoms with Crippen molar-refractivity contribution in [2.24, 2.45) is 11.7 Å². The Labute approximate surface area is 112 Å². The average molecular weight is 274 g/mol. The Bertz CT molecular complexity index is 319. The van der Waals surface area contributed by atoms with E-state index in [0.29, 0.717) is 6.61 Å². The maximum atomic E-state index is 11.5. The van der Waals surface area contributed by atoms with Gasteiger partial charge in [0.05, 0.1) is 13.0 Å². The van der Waals surface area contributed by atoms with Crippen LogP contribution < -0.4 is 11.1 Å². The Morgan fingerprint density at radius 1 is 1.21 bits per heavy atom. The highest BCUT2D eigenvalue weighted by Crippen LogP contribution is 2.09. The molecule has 0 spiro atoms. The molecule has 0 fully saturated rings. The van der Waals surface area contributed by atoms with Crippen LogP contribution in [-0.4, -0.2) is 43.6 Å². The lowest BCUT2D eigenvalue weighted by Crippen LogP contribution is -2.49. The molecule has 0 bridgehead atoms. The topological polar surface area (TPSA) is 108 Å². The van der Waals surface area contributed by atoms with E-state index >= 15 is 0 Å². The lowest BCUT2D eigenvalue weighted by Gasteiger charge is -2.21. The average Bonchev–Trinajstić information content (AvgIpc) is 2.32. The minimum atomic E-state index is -0.919. The molecule has 7 nitrogen and oxygen atoms in total. The summed E-state index contributed by atoms with van der Waals surface area (Å²) in [7, 11) is 0. The van der Waals surface area contributed by atoms with Crippen molar-refractivity contribution in [3.05, 3.63) is 0 Å². The molecular formula is C12H22N2O5. The molecule has 19 heavy (non-hydrogen) atoms. The number of rotatable bonds is 9. The third kappa shape index (κ3) is 7.40. The zero-order valence-corrected chi connectivity index (χ0v) is 11.6. The van der Waals surface area contributed by atoms with Gasteiger partial charge in [0, 0.05) is 6.61 Å². The van der Waals surface area contributed by atoms with Crippen molar-refractivity contribution in [2.45, 2.75) is 33.2 Å². The van der Waals surface area contributed by atoms with Crippen LogP contribution in [-0.2, 0) is 23.9 Å². The van der Waals surface area contributed by atoms with Gasteiger partial charge in [-0.05, 0) is 19.8 Å². The third-order valence-electron chi connectivity index (χ3n) is 2.42. The van der Waals surface area contributed by atoms with Gasteiger partial charge in [0.25, 0.3) is 0 Å². The van der Waals surface area contributed by atoms with Gasteiger partial charge in [-0.15, -0.1) is 0 Å². The molecule has 0 aliphatic heterocycles. The van der Waals surface area contributed by atoms with Gasteiger partial charge in [-0.3, -0.25) is 14.4 Å². The van der Waals surface area contributed by atoms with E-state index in [0.717, 1.165) is 0 Å². The number of ether oxygens (including phenoxy) is 2. The number of amides is 2. The molecule has 0 saturated carbocycles. The number of carbonyl (C=O) groups excluding carboxylic acids is 3. The molecule has 7 heteroatoms. The molecule has 110 valence electrons. The van der Waals surface area contributed by atoms with Crippen LogP contribution in [0.2, 0.25) is 0 Å². The highest BCUT2D eigenvalue weighted by molar-refractivity contribution is 5.87. The van der Waals surface area contributed by atoms with Crippen LogP contribution in [0.4, 0.5) is 0 Å². The summed E-state index contributed by atoms with van der Waals surface area (Å²) in [6, 6.07) is -0.919. The molecule has 2 atom stereocenters. The first kappa shape index (κ1) is 17.4. The summed E-state index contributed by atoms with van der Waals surface area (Å²) in [5, 5.41) is 2.45. The fourth-order valence-electron chi connectivity index (χ4n) is 1.50. The van der Waals surface area contributed by atoms with E-state index in [9.17, 15) is 14.4 Å². The van der Waals surface area contributed by atoms with Crippen LogP contribution in [0.25, 0.3) is 0 Å². The molecule has 0 unspecified atom stereocenters. The number of carbonyl (C=O) groups is 3. The molecular weight excluding hydrogens is 252 g/mol. The lowest BCUT2D eigenvalue weighted by atomic mass is 9.97. The number of nitrogens with one attached hydrogen (secondary N) is 1. The van der Waals surface area contributed by atoms with Gasteiger partial charge in [-0.25, -0.2) is 0 Å². The first-order chi connectivity index (χ1) is 8.92. The molecule has 0 radical (unpaired) electrons. The van der Waals surface area contributed by atoms with Crippen molar-refractivity contribution in [3.8, 4) is 0 Å². The summed E-state index contributed by atoms with van der Waals surface area (Å²) in [5.74, 6) is -2.01. The summed E-state index contributed by atoms with van der Waals surface area (Å²) in [6.45, 7) is 5.61. The maximum Gasteiger partial charge on any atom is 0.306 e. The maximum absolute atomic E-state index is 11.5. The number of hydrogen-bond donors (Lipinski definition) is 2. The Morgan fingerprint density at radius 2 is 1.84 bits per heavy atom. The van der Waals surface area contributed by atoms with Crippen LogP contribution in [0, 0.1) is 5.92 Å². The fraction of sp³-hybridized carbons (Fsp3) is 0.750. The van der Waals surface area contributed by atoms with E-state index < -0.39 is 29.7 Å². The second-order valence-electron chi connectivity index (χ2n) is 4.07. The van der Waals surface area contributed by atoms with Crippen LogP contribution in [0.3, 0.4) is 0 Å². The van der Waals surface area contributed by atoms with E-state index in [1.165, 1.54) is 0 Å². The largest absolute Gasteiger partial charge is 0.466 e. The van der Waals surface area contributed by atoms with Crippen molar-refractivity contribution >= 4 is 17.8 Å². The van der Waals surface area contributed by atoms with E-state index in [1.54, 1.807) is 20.8 Å². The van der Waals surface area contributed by atoms with Crippen LogP contribution in [0.1, 0.15) is 27.2 Å². The molecule has 2 amide bonds. The summed E-state index contributed by atoms with van der Waals surface area (Å²) in [5.41, 5.74) is 5.22. The van der Waals surface area contributed by atoms with Crippen molar-refractivity contribution in [1.82, 2.24) is 5.32 Å². The molecule has 0 saturated heterocycles. The van der Waals surface area contributed by atoms with Crippen molar-refractivity contribution in [2.75, 3.05) is 19.8 Å². The third-order valence-corrected chi connectivity index (χ3v) is 2.42. The highest BCUT2D eigenvalue weighted by atomic mass is 16.5. The zero-order valence-electron chi connectivity index (χ0n) is 11.6. The lowest BCUT2D eigenvalue weighted by molar-refractivity contribution is -0.145. The monoisotopic (exact) mass is 274 g/mol. The summed E-state index contributed by atoms with van der Waals surface area (Å²) in [4.78, 5) is 34.1. The Kier molecular flexibility index (Phi) is 8.52. The van der Waals surface area contributed by atoms with Crippen LogP contribution >= 0.6 is 0 Å². The van der Waals surface area contributed by atoms with Gasteiger partial charge in [0.2, 0.25) is 11.8 Å².